The standard InChI is InChI=1S/C34H35BrO3/c35-23-29(36)12-7-21-37-30-16-13-27(14-17-30)34-32(26-10-5-2-6-11-26)19-15-28-22-31(18-20-33(28)34)38-24-25-8-3-1-4-9-25/h1-6,8-11,13-14,16-18,20,22,29,32,34,36H,7,12,15,19,21,23-24H2/t29?,32-,34+/m1/s1. The number of aliphatic hydroxyl groups is 1. The molecular weight excluding hydrogens is 536 g/mol. The lowest BCUT2D eigenvalue weighted by Crippen LogP contribution is -2.20. The monoisotopic (exact) mass is 570 g/mol. The summed E-state index contributed by atoms with van der Waals surface area (Å²) in [5.74, 6) is 2.49. The largest absolute Gasteiger partial charge is 0.494 e. The van der Waals surface area contributed by atoms with Gasteiger partial charge in [-0.1, -0.05) is 94.8 Å². The van der Waals surface area contributed by atoms with Gasteiger partial charge in [-0.05, 0) is 83.7 Å². The molecule has 0 saturated heterocycles. The Morgan fingerprint density at radius 1 is 0.789 bits per heavy atom. The van der Waals surface area contributed by atoms with E-state index in [0.29, 0.717) is 24.5 Å². The van der Waals surface area contributed by atoms with Crippen LogP contribution in [0.5, 0.6) is 11.5 Å². The van der Waals surface area contributed by atoms with Crippen molar-refractivity contribution >= 4 is 15.9 Å². The van der Waals surface area contributed by atoms with Gasteiger partial charge in [0, 0.05) is 11.2 Å². The first-order chi connectivity index (χ1) is 18.7. The highest BCUT2D eigenvalue weighted by molar-refractivity contribution is 9.09. The number of hydrogen-bond acceptors (Lipinski definition) is 3. The van der Waals surface area contributed by atoms with Crippen LogP contribution in [0.1, 0.15) is 58.9 Å². The minimum atomic E-state index is -0.313. The highest BCUT2D eigenvalue weighted by Gasteiger charge is 2.32. The predicted molar refractivity (Wildman–Crippen MR) is 158 cm³/mol. The van der Waals surface area contributed by atoms with Crippen LogP contribution in [0.25, 0.3) is 0 Å². The molecule has 5 rings (SSSR count). The Bertz CT molecular complexity index is 1270. The van der Waals surface area contributed by atoms with E-state index in [1.54, 1.807) is 0 Å². The summed E-state index contributed by atoms with van der Waals surface area (Å²) in [5, 5.41) is 10.3. The van der Waals surface area contributed by atoms with E-state index in [2.05, 4.69) is 101 Å². The van der Waals surface area contributed by atoms with Crippen molar-refractivity contribution in [3.05, 3.63) is 131 Å². The summed E-state index contributed by atoms with van der Waals surface area (Å²) >= 11 is 3.31. The molecule has 1 N–H and O–H groups in total. The second-order valence-electron chi connectivity index (χ2n) is 10.0. The Hall–Kier alpha value is -3.08. The molecule has 0 saturated carbocycles. The Kier molecular flexibility index (Phi) is 9.16. The molecule has 4 aromatic rings. The number of alkyl halides is 1. The van der Waals surface area contributed by atoms with Crippen LogP contribution < -0.4 is 9.47 Å². The Labute approximate surface area is 234 Å². The molecule has 4 aromatic carbocycles. The number of fused-ring (bicyclic) bond motifs is 1. The van der Waals surface area contributed by atoms with Crippen LogP contribution in [0.15, 0.2) is 103 Å². The molecule has 0 aromatic heterocycles. The van der Waals surface area contributed by atoms with Crippen LogP contribution >= 0.6 is 15.9 Å². The molecule has 196 valence electrons. The van der Waals surface area contributed by atoms with Crippen LogP contribution in [-0.2, 0) is 13.0 Å². The maximum Gasteiger partial charge on any atom is 0.120 e. The van der Waals surface area contributed by atoms with Gasteiger partial charge in [-0.2, -0.15) is 0 Å². The molecule has 4 heteroatoms. The lowest BCUT2D eigenvalue weighted by atomic mass is 9.69. The zero-order chi connectivity index (χ0) is 26.2. The van der Waals surface area contributed by atoms with E-state index in [0.717, 1.165) is 37.2 Å². The molecule has 1 aliphatic rings. The predicted octanol–water partition coefficient (Wildman–Crippen LogP) is 8.04. The van der Waals surface area contributed by atoms with Crippen molar-refractivity contribution in [3.63, 3.8) is 0 Å². The fourth-order valence-corrected chi connectivity index (χ4v) is 5.78. The van der Waals surface area contributed by atoms with Crippen molar-refractivity contribution in [2.45, 2.75) is 50.2 Å². The Morgan fingerprint density at radius 3 is 2.24 bits per heavy atom. The molecule has 0 bridgehead atoms. The van der Waals surface area contributed by atoms with Gasteiger partial charge in [0.05, 0.1) is 12.7 Å². The van der Waals surface area contributed by atoms with Gasteiger partial charge < -0.3 is 14.6 Å². The molecule has 1 aliphatic carbocycles. The van der Waals surface area contributed by atoms with E-state index in [-0.39, 0.29) is 12.0 Å². The lowest BCUT2D eigenvalue weighted by Gasteiger charge is -2.35. The van der Waals surface area contributed by atoms with Gasteiger partial charge >= 0.3 is 0 Å². The highest BCUT2D eigenvalue weighted by Crippen LogP contribution is 2.47. The number of aryl methyl sites for hydroxylation is 1. The third kappa shape index (κ3) is 6.67. The maximum atomic E-state index is 9.72. The van der Waals surface area contributed by atoms with Gasteiger partial charge in [0.1, 0.15) is 18.1 Å². The molecule has 0 aliphatic heterocycles. The van der Waals surface area contributed by atoms with E-state index in [1.165, 1.54) is 27.8 Å². The van der Waals surface area contributed by atoms with E-state index < -0.39 is 0 Å². The topological polar surface area (TPSA) is 38.7 Å². The first-order valence-corrected chi connectivity index (χ1v) is 14.6. The van der Waals surface area contributed by atoms with E-state index >= 15 is 0 Å². The van der Waals surface area contributed by atoms with Crippen molar-refractivity contribution in [1.82, 2.24) is 0 Å². The van der Waals surface area contributed by atoms with Crippen molar-refractivity contribution in [2.24, 2.45) is 0 Å². The van der Waals surface area contributed by atoms with Crippen molar-refractivity contribution in [2.75, 3.05) is 11.9 Å². The zero-order valence-corrected chi connectivity index (χ0v) is 23.2. The molecule has 3 nitrogen and oxygen atoms in total. The summed E-state index contributed by atoms with van der Waals surface area (Å²) < 4.78 is 12.1. The SMILES string of the molecule is OC(CBr)CCCOc1ccc([C@@H]2c3ccc(OCc4ccccc4)cc3CC[C@@H]2c2ccccc2)cc1. The lowest BCUT2D eigenvalue weighted by molar-refractivity contribution is 0.175. The number of halogens is 1. The van der Waals surface area contributed by atoms with Crippen molar-refractivity contribution < 1.29 is 14.6 Å². The summed E-state index contributed by atoms with van der Waals surface area (Å²) in [6.07, 6.45) is 3.38. The van der Waals surface area contributed by atoms with Gasteiger partial charge in [-0.3, -0.25) is 0 Å². The fourth-order valence-electron chi connectivity index (χ4n) is 5.46. The Morgan fingerprint density at radius 2 is 1.50 bits per heavy atom. The molecule has 0 spiro atoms. The fraction of sp³-hybridized carbons (Fsp3) is 0.294. The van der Waals surface area contributed by atoms with Crippen LogP contribution in [0, 0.1) is 0 Å². The van der Waals surface area contributed by atoms with Crippen molar-refractivity contribution in [3.8, 4) is 11.5 Å². The average Bonchev–Trinajstić information content (AvgIpc) is 2.98. The van der Waals surface area contributed by atoms with Crippen LogP contribution in [-0.4, -0.2) is 23.1 Å². The summed E-state index contributed by atoms with van der Waals surface area (Å²) in [6, 6.07) is 36.5. The summed E-state index contributed by atoms with van der Waals surface area (Å²) in [4.78, 5) is 0. The van der Waals surface area contributed by atoms with Gasteiger partial charge in [0.15, 0.2) is 0 Å². The third-order valence-electron chi connectivity index (χ3n) is 7.42. The molecule has 0 radical (unpaired) electrons. The quantitative estimate of drug-likeness (QED) is 0.146. The number of rotatable bonds is 11. The number of benzene rings is 4. The molecule has 1 unspecified atom stereocenters. The second-order valence-corrected chi connectivity index (χ2v) is 10.7. The maximum absolute atomic E-state index is 9.72. The van der Waals surface area contributed by atoms with Crippen molar-refractivity contribution in [1.29, 1.82) is 0 Å². The average molecular weight is 572 g/mol. The van der Waals surface area contributed by atoms with Crippen LogP contribution in [0.3, 0.4) is 0 Å². The summed E-state index contributed by atoms with van der Waals surface area (Å²) in [5.41, 5.74) is 6.62. The van der Waals surface area contributed by atoms with E-state index in [4.69, 9.17) is 9.47 Å². The molecule has 0 amide bonds. The normalized spacial score (nSPS) is 17.4. The number of hydrogen-bond donors (Lipinski definition) is 1. The second kappa shape index (κ2) is 13.1. The first-order valence-electron chi connectivity index (χ1n) is 13.5. The minimum Gasteiger partial charge on any atom is -0.494 e. The molecule has 0 fully saturated rings. The highest BCUT2D eigenvalue weighted by atomic mass is 79.9. The first kappa shape index (κ1) is 26.5. The van der Waals surface area contributed by atoms with Crippen LogP contribution in [0.2, 0.25) is 0 Å². The minimum absolute atomic E-state index is 0.271. The van der Waals surface area contributed by atoms with E-state index in [1.807, 2.05) is 18.2 Å². The summed E-state index contributed by atoms with van der Waals surface area (Å²) in [7, 11) is 0. The molecular formula is C34H35BrO3. The third-order valence-corrected chi connectivity index (χ3v) is 8.17. The number of aliphatic hydroxyl groups excluding tert-OH is 1. The van der Waals surface area contributed by atoms with E-state index in [9.17, 15) is 5.11 Å². The molecule has 38 heavy (non-hydrogen) atoms. The van der Waals surface area contributed by atoms with Crippen LogP contribution in [0.4, 0.5) is 0 Å². The smallest absolute Gasteiger partial charge is 0.120 e. The molecule has 0 heterocycles. The van der Waals surface area contributed by atoms with Gasteiger partial charge in [-0.25, -0.2) is 0 Å². The zero-order valence-electron chi connectivity index (χ0n) is 21.6. The van der Waals surface area contributed by atoms with Gasteiger partial charge in [0.2, 0.25) is 0 Å². The van der Waals surface area contributed by atoms with Gasteiger partial charge in [0.25, 0.3) is 0 Å². The summed E-state index contributed by atoms with van der Waals surface area (Å²) in [6.45, 7) is 1.18. The Balaban J connectivity index is 1.36. The molecule has 3 atom stereocenters. The van der Waals surface area contributed by atoms with Gasteiger partial charge in [-0.15, -0.1) is 0 Å². The number of ether oxygens (including phenoxy) is 2.